The minimum atomic E-state index is -1.42. The van der Waals surface area contributed by atoms with Crippen LogP contribution in [0.5, 0.6) is 0 Å². The van der Waals surface area contributed by atoms with Crippen LogP contribution < -0.4 is 11.1 Å². The Morgan fingerprint density at radius 1 is 1.50 bits per heavy atom. The zero-order chi connectivity index (χ0) is 13.5. The second-order valence-electron chi connectivity index (χ2n) is 3.87. The number of amides is 1. The first-order chi connectivity index (χ1) is 8.54. The third kappa shape index (κ3) is 4.46. The van der Waals surface area contributed by atoms with Crippen LogP contribution in [-0.2, 0) is 20.3 Å². The van der Waals surface area contributed by atoms with Crippen LogP contribution in [0.3, 0.4) is 0 Å². The van der Waals surface area contributed by atoms with E-state index in [2.05, 4.69) is 5.32 Å². The Bertz CT molecular complexity index is 449. The van der Waals surface area contributed by atoms with E-state index in [4.69, 9.17) is 10.5 Å². The molecule has 0 aliphatic heterocycles. The van der Waals surface area contributed by atoms with Crippen LogP contribution in [0.1, 0.15) is 5.56 Å². The molecule has 0 fully saturated rings. The van der Waals surface area contributed by atoms with Crippen molar-refractivity contribution in [1.29, 1.82) is 0 Å². The van der Waals surface area contributed by atoms with E-state index < -0.39 is 10.8 Å². The van der Waals surface area contributed by atoms with Crippen molar-refractivity contribution < 1.29 is 13.7 Å². The van der Waals surface area contributed by atoms with Gasteiger partial charge >= 0.3 is 0 Å². The highest BCUT2D eigenvalue weighted by molar-refractivity contribution is 7.86. The minimum absolute atomic E-state index is 0.0859. The molecule has 3 N–H and O–H groups in total. The Kier molecular flexibility index (Phi) is 5.80. The van der Waals surface area contributed by atoms with Crippen molar-refractivity contribution in [3.8, 4) is 0 Å². The number of hydrogen-bond acceptors (Lipinski definition) is 4. The van der Waals surface area contributed by atoms with Crippen molar-refractivity contribution in [2.24, 2.45) is 0 Å². The molecule has 0 aromatic heterocycles. The molecule has 0 spiro atoms. The van der Waals surface area contributed by atoms with E-state index in [9.17, 15) is 9.00 Å². The molecular formula is C12H18N2O3S. The highest BCUT2D eigenvalue weighted by Gasteiger charge is 2.12. The lowest BCUT2D eigenvalue weighted by molar-refractivity contribution is -0.118. The molecule has 1 atom stereocenters. The summed E-state index contributed by atoms with van der Waals surface area (Å²) in [4.78, 5) is 12.0. The van der Waals surface area contributed by atoms with Crippen LogP contribution in [0.15, 0.2) is 23.1 Å². The molecule has 0 saturated heterocycles. The van der Waals surface area contributed by atoms with Crippen LogP contribution in [0.4, 0.5) is 5.69 Å². The molecule has 100 valence electrons. The number of nitrogens with two attached hydrogens (primary N) is 1. The van der Waals surface area contributed by atoms with Crippen molar-refractivity contribution in [2.45, 2.75) is 11.8 Å². The number of hydrogen-bond donors (Lipinski definition) is 2. The number of methoxy groups -OCH3 is 1. The van der Waals surface area contributed by atoms with E-state index in [1.54, 1.807) is 19.2 Å². The van der Waals surface area contributed by atoms with Gasteiger partial charge in [0.1, 0.15) is 5.75 Å². The number of carbonyl (C=O) groups excluding carboxylic acids is 1. The molecule has 0 radical (unpaired) electrons. The number of benzene rings is 1. The van der Waals surface area contributed by atoms with Crippen LogP contribution in [-0.4, -0.2) is 36.1 Å². The molecule has 0 saturated carbocycles. The van der Waals surface area contributed by atoms with E-state index in [1.165, 1.54) is 0 Å². The quantitative estimate of drug-likeness (QED) is 0.581. The molecule has 18 heavy (non-hydrogen) atoms. The molecule has 0 bridgehead atoms. The van der Waals surface area contributed by atoms with Crippen molar-refractivity contribution in [1.82, 2.24) is 5.32 Å². The molecule has 0 aliphatic carbocycles. The predicted octanol–water partition coefficient (Wildman–Crippen LogP) is 0.447. The minimum Gasteiger partial charge on any atom is -0.398 e. The summed E-state index contributed by atoms with van der Waals surface area (Å²) < 4.78 is 16.8. The smallest absolute Gasteiger partial charge is 0.233 e. The normalized spacial score (nSPS) is 12.1. The van der Waals surface area contributed by atoms with Gasteiger partial charge in [0.2, 0.25) is 5.91 Å². The van der Waals surface area contributed by atoms with Gasteiger partial charge in [-0.15, -0.1) is 0 Å². The number of ether oxygens (including phenoxy) is 1. The van der Waals surface area contributed by atoms with Gasteiger partial charge in [-0.05, 0) is 24.6 Å². The second-order valence-corrected chi connectivity index (χ2v) is 5.29. The third-order valence-electron chi connectivity index (χ3n) is 2.30. The highest BCUT2D eigenvalue weighted by Crippen LogP contribution is 2.17. The Balaban J connectivity index is 2.59. The summed E-state index contributed by atoms with van der Waals surface area (Å²) in [7, 11) is 0.135. The van der Waals surface area contributed by atoms with E-state index in [-0.39, 0.29) is 11.7 Å². The van der Waals surface area contributed by atoms with E-state index in [0.29, 0.717) is 23.7 Å². The molecule has 1 amide bonds. The fourth-order valence-corrected chi connectivity index (χ4v) is 2.52. The lowest BCUT2D eigenvalue weighted by Crippen LogP contribution is -2.31. The first-order valence-corrected chi connectivity index (χ1v) is 6.86. The molecule has 0 heterocycles. The van der Waals surface area contributed by atoms with E-state index in [0.717, 1.165) is 5.56 Å². The maximum Gasteiger partial charge on any atom is 0.233 e. The van der Waals surface area contributed by atoms with Gasteiger partial charge in [-0.25, -0.2) is 0 Å². The summed E-state index contributed by atoms with van der Waals surface area (Å²) in [6.07, 6.45) is 0. The van der Waals surface area contributed by atoms with Crippen LogP contribution >= 0.6 is 0 Å². The van der Waals surface area contributed by atoms with Gasteiger partial charge in [0.15, 0.2) is 0 Å². The Morgan fingerprint density at radius 2 is 2.22 bits per heavy atom. The summed E-state index contributed by atoms with van der Waals surface area (Å²) in [5.74, 6) is -0.358. The van der Waals surface area contributed by atoms with Gasteiger partial charge < -0.3 is 15.8 Å². The number of rotatable bonds is 6. The van der Waals surface area contributed by atoms with Gasteiger partial charge in [-0.1, -0.05) is 6.07 Å². The maximum absolute atomic E-state index is 12.0. The van der Waals surface area contributed by atoms with E-state index >= 15 is 0 Å². The molecule has 1 rings (SSSR count). The van der Waals surface area contributed by atoms with Crippen molar-refractivity contribution >= 4 is 22.4 Å². The standard InChI is InChI=1S/C12H18N2O3S/c1-9-3-4-10(13)11(7-9)18(16)8-12(15)14-5-6-17-2/h3-4,7H,5-6,8,13H2,1-2H3,(H,14,15). The second kappa shape index (κ2) is 7.13. The summed E-state index contributed by atoms with van der Waals surface area (Å²) in [5.41, 5.74) is 7.16. The highest BCUT2D eigenvalue weighted by atomic mass is 32.2. The number of aryl methyl sites for hydroxylation is 1. The van der Waals surface area contributed by atoms with Crippen molar-refractivity contribution in [3.63, 3.8) is 0 Å². The number of nitrogen functional groups attached to an aromatic ring is 1. The number of carbonyl (C=O) groups is 1. The van der Waals surface area contributed by atoms with Crippen LogP contribution in [0, 0.1) is 6.92 Å². The maximum atomic E-state index is 12.0. The SMILES string of the molecule is COCCNC(=O)CS(=O)c1cc(C)ccc1N. The van der Waals surface area contributed by atoms with Gasteiger partial charge in [0.05, 0.1) is 22.3 Å². The average molecular weight is 270 g/mol. The topological polar surface area (TPSA) is 81.4 Å². The summed E-state index contributed by atoms with van der Waals surface area (Å²) in [6, 6.07) is 5.29. The van der Waals surface area contributed by atoms with Gasteiger partial charge in [-0.2, -0.15) is 0 Å². The summed E-state index contributed by atoms with van der Waals surface area (Å²) in [6.45, 7) is 2.74. The number of nitrogens with one attached hydrogen (secondary N) is 1. The molecular weight excluding hydrogens is 252 g/mol. The average Bonchev–Trinajstić information content (AvgIpc) is 2.32. The fourth-order valence-electron chi connectivity index (χ4n) is 1.38. The zero-order valence-corrected chi connectivity index (χ0v) is 11.4. The van der Waals surface area contributed by atoms with Gasteiger partial charge in [0.25, 0.3) is 0 Å². The van der Waals surface area contributed by atoms with Crippen molar-refractivity contribution in [2.75, 3.05) is 31.7 Å². The first kappa shape index (κ1) is 14.7. The fraction of sp³-hybridized carbons (Fsp3) is 0.417. The lowest BCUT2D eigenvalue weighted by Gasteiger charge is -2.07. The summed E-state index contributed by atoms with van der Waals surface area (Å²) >= 11 is 0. The summed E-state index contributed by atoms with van der Waals surface area (Å²) in [5, 5.41) is 2.62. The van der Waals surface area contributed by atoms with Crippen LogP contribution in [0.2, 0.25) is 0 Å². The Labute approximate surface area is 109 Å². The lowest BCUT2D eigenvalue weighted by atomic mass is 10.2. The van der Waals surface area contributed by atoms with Crippen molar-refractivity contribution in [3.05, 3.63) is 23.8 Å². The molecule has 1 aromatic rings. The number of anilines is 1. The van der Waals surface area contributed by atoms with Gasteiger partial charge in [-0.3, -0.25) is 9.00 Å². The molecule has 6 heteroatoms. The monoisotopic (exact) mass is 270 g/mol. The third-order valence-corrected chi connectivity index (χ3v) is 3.67. The zero-order valence-electron chi connectivity index (χ0n) is 10.6. The molecule has 0 aliphatic rings. The first-order valence-electron chi connectivity index (χ1n) is 5.54. The van der Waals surface area contributed by atoms with Crippen LogP contribution in [0.25, 0.3) is 0 Å². The van der Waals surface area contributed by atoms with Gasteiger partial charge in [0, 0.05) is 19.3 Å². The predicted molar refractivity (Wildman–Crippen MR) is 71.8 cm³/mol. The van der Waals surface area contributed by atoms with E-state index in [1.807, 2.05) is 13.0 Å². The molecule has 5 nitrogen and oxygen atoms in total. The largest absolute Gasteiger partial charge is 0.398 e. The molecule has 1 aromatic carbocycles. The molecule has 1 unspecified atom stereocenters. The Morgan fingerprint density at radius 3 is 2.89 bits per heavy atom. The Hall–Kier alpha value is -1.40.